The molecule has 0 aromatic heterocycles. The molecule has 0 unspecified atom stereocenters. The third-order valence-electron chi connectivity index (χ3n) is 2.07. The maximum Gasteiger partial charge on any atom is 0.401 e. The number of hydrogen-bond donors (Lipinski definition) is 1. The van der Waals surface area contributed by atoms with Gasteiger partial charge >= 0.3 is 6.18 Å². The summed E-state index contributed by atoms with van der Waals surface area (Å²) in [7, 11) is 0. The van der Waals surface area contributed by atoms with Crippen LogP contribution in [0.25, 0.3) is 0 Å². The molecule has 0 aromatic rings. The molecule has 1 saturated carbocycles. The van der Waals surface area contributed by atoms with Gasteiger partial charge in [0.05, 0.1) is 6.54 Å². The van der Waals surface area contributed by atoms with Gasteiger partial charge in [-0.05, 0) is 18.3 Å². The Morgan fingerprint density at radius 1 is 1.33 bits per heavy atom. The molecule has 72 valence electrons. The molecule has 0 heterocycles. The second-order valence-corrected chi connectivity index (χ2v) is 3.62. The zero-order valence-electron chi connectivity index (χ0n) is 6.55. The van der Waals surface area contributed by atoms with Crippen molar-refractivity contribution in [3.8, 4) is 0 Å². The number of hydrogen-bond acceptors (Lipinski definition) is 1. The molecule has 1 fully saturated rings. The maximum absolute atomic E-state index is 11.7. The highest BCUT2D eigenvalue weighted by Crippen LogP contribution is 2.45. The second-order valence-electron chi connectivity index (χ2n) is 3.35. The van der Waals surface area contributed by atoms with Crippen molar-refractivity contribution in [2.45, 2.75) is 19.0 Å². The number of rotatable bonds is 4. The molecule has 5 heteroatoms. The van der Waals surface area contributed by atoms with Crippen LogP contribution in [0, 0.1) is 5.41 Å². The molecule has 0 atom stereocenters. The van der Waals surface area contributed by atoms with Crippen molar-refractivity contribution in [1.82, 2.24) is 5.32 Å². The Bertz CT molecular complexity index is 153. The van der Waals surface area contributed by atoms with Crippen LogP contribution in [0.5, 0.6) is 0 Å². The lowest BCUT2D eigenvalue weighted by Gasteiger charge is -2.13. The van der Waals surface area contributed by atoms with Crippen LogP contribution in [0.15, 0.2) is 0 Å². The molecule has 1 N–H and O–H groups in total. The summed E-state index contributed by atoms with van der Waals surface area (Å²) in [6.45, 7) is -0.526. The van der Waals surface area contributed by atoms with E-state index in [-0.39, 0.29) is 5.41 Å². The molecule has 0 bridgehead atoms. The summed E-state index contributed by atoms with van der Waals surface area (Å²) < 4.78 is 35.0. The molecular formula is C7H11ClF3N. The molecule has 0 saturated heterocycles. The van der Waals surface area contributed by atoms with Crippen molar-refractivity contribution in [1.29, 1.82) is 0 Å². The van der Waals surface area contributed by atoms with Crippen LogP contribution < -0.4 is 5.32 Å². The minimum atomic E-state index is -4.11. The van der Waals surface area contributed by atoms with Crippen LogP contribution in [0.4, 0.5) is 13.2 Å². The molecule has 1 nitrogen and oxygen atoms in total. The fourth-order valence-corrected chi connectivity index (χ4v) is 1.37. The largest absolute Gasteiger partial charge is 0.401 e. The molecule has 1 rings (SSSR count). The van der Waals surface area contributed by atoms with E-state index in [1.807, 2.05) is 0 Å². The Morgan fingerprint density at radius 3 is 2.25 bits per heavy atom. The van der Waals surface area contributed by atoms with Gasteiger partial charge in [0.1, 0.15) is 0 Å². The minimum Gasteiger partial charge on any atom is -0.308 e. The number of nitrogens with one attached hydrogen (secondary N) is 1. The average Bonchev–Trinajstić information content (AvgIpc) is 2.67. The van der Waals surface area contributed by atoms with Crippen LogP contribution >= 0.6 is 11.6 Å². The van der Waals surface area contributed by atoms with Crippen LogP contribution in [0.1, 0.15) is 12.8 Å². The Balaban J connectivity index is 2.10. The highest BCUT2D eigenvalue weighted by atomic mass is 35.5. The summed E-state index contributed by atoms with van der Waals surface area (Å²) in [5, 5.41) is 2.37. The summed E-state index contributed by atoms with van der Waals surface area (Å²) in [6, 6.07) is 0. The first-order chi connectivity index (χ1) is 5.47. The van der Waals surface area contributed by atoms with E-state index < -0.39 is 12.7 Å². The lowest BCUT2D eigenvalue weighted by atomic mass is 10.1. The number of halogens is 4. The van der Waals surface area contributed by atoms with Crippen molar-refractivity contribution >= 4 is 11.6 Å². The van der Waals surface area contributed by atoms with Gasteiger partial charge in [-0.3, -0.25) is 0 Å². The van der Waals surface area contributed by atoms with Gasteiger partial charge in [0.15, 0.2) is 0 Å². The van der Waals surface area contributed by atoms with Gasteiger partial charge < -0.3 is 5.32 Å². The first-order valence-electron chi connectivity index (χ1n) is 3.81. The third kappa shape index (κ3) is 3.19. The minimum absolute atomic E-state index is 0.0349. The normalized spacial score (nSPS) is 21.0. The lowest BCUT2D eigenvalue weighted by Crippen LogP contribution is -2.33. The first kappa shape index (κ1) is 10.1. The SMILES string of the molecule is FC(F)(F)CNCC1(CCl)CC1. The van der Waals surface area contributed by atoms with Gasteiger partial charge in [0, 0.05) is 12.4 Å². The van der Waals surface area contributed by atoms with Crippen molar-refractivity contribution in [3.63, 3.8) is 0 Å². The van der Waals surface area contributed by atoms with Gasteiger partial charge in [0.25, 0.3) is 0 Å². The van der Waals surface area contributed by atoms with Crippen molar-refractivity contribution in [3.05, 3.63) is 0 Å². The third-order valence-corrected chi connectivity index (χ3v) is 2.63. The van der Waals surface area contributed by atoms with Gasteiger partial charge in [-0.2, -0.15) is 13.2 Å². The molecule has 1 aliphatic rings. The van der Waals surface area contributed by atoms with Crippen molar-refractivity contribution in [2.75, 3.05) is 19.0 Å². The monoisotopic (exact) mass is 201 g/mol. The molecule has 0 aliphatic heterocycles. The smallest absolute Gasteiger partial charge is 0.308 e. The molecule has 12 heavy (non-hydrogen) atoms. The molecule has 0 radical (unpaired) electrons. The lowest BCUT2D eigenvalue weighted by molar-refractivity contribution is -0.125. The van der Waals surface area contributed by atoms with Crippen LogP contribution in [-0.4, -0.2) is 25.1 Å². The first-order valence-corrected chi connectivity index (χ1v) is 4.34. The Morgan fingerprint density at radius 2 is 1.92 bits per heavy atom. The van der Waals surface area contributed by atoms with Crippen molar-refractivity contribution < 1.29 is 13.2 Å². The summed E-state index contributed by atoms with van der Waals surface area (Å²) in [4.78, 5) is 0. The van der Waals surface area contributed by atoms with Gasteiger partial charge in [-0.25, -0.2) is 0 Å². The maximum atomic E-state index is 11.7. The van der Waals surface area contributed by atoms with E-state index in [4.69, 9.17) is 11.6 Å². The quantitative estimate of drug-likeness (QED) is 0.688. The average molecular weight is 202 g/mol. The van der Waals surface area contributed by atoms with Gasteiger partial charge in [-0.15, -0.1) is 11.6 Å². The molecule has 0 spiro atoms. The Labute approximate surface area is 74.3 Å². The van der Waals surface area contributed by atoms with Crippen molar-refractivity contribution in [2.24, 2.45) is 5.41 Å². The van der Waals surface area contributed by atoms with Crippen LogP contribution in [0.3, 0.4) is 0 Å². The highest BCUT2D eigenvalue weighted by molar-refractivity contribution is 6.18. The zero-order chi connectivity index (χ0) is 9.24. The number of alkyl halides is 4. The predicted octanol–water partition coefficient (Wildman–Crippen LogP) is 2.16. The Hall–Kier alpha value is 0.0400. The van der Waals surface area contributed by atoms with Crippen LogP contribution in [-0.2, 0) is 0 Å². The van der Waals surface area contributed by atoms with Gasteiger partial charge in [-0.1, -0.05) is 0 Å². The van der Waals surface area contributed by atoms with E-state index in [0.717, 1.165) is 12.8 Å². The summed E-state index contributed by atoms with van der Waals surface area (Å²) in [5.41, 5.74) is -0.0349. The standard InChI is InChI=1S/C7H11ClF3N/c8-3-6(1-2-6)4-12-5-7(9,10)11/h12H,1-5H2. The summed E-state index contributed by atoms with van der Waals surface area (Å²) >= 11 is 5.58. The van der Waals surface area contributed by atoms with E-state index in [9.17, 15) is 13.2 Å². The summed E-state index contributed by atoms with van der Waals surface area (Å²) in [5.74, 6) is 0.456. The highest BCUT2D eigenvalue weighted by Gasteiger charge is 2.42. The second kappa shape index (κ2) is 3.42. The Kier molecular flexibility index (Phi) is 2.88. The fraction of sp³-hybridized carbons (Fsp3) is 1.00. The predicted molar refractivity (Wildman–Crippen MR) is 41.3 cm³/mol. The zero-order valence-corrected chi connectivity index (χ0v) is 7.30. The van der Waals surface area contributed by atoms with E-state index >= 15 is 0 Å². The van der Waals surface area contributed by atoms with E-state index in [2.05, 4.69) is 5.32 Å². The molecule has 1 aliphatic carbocycles. The molecular weight excluding hydrogens is 191 g/mol. The molecule has 0 aromatic carbocycles. The topological polar surface area (TPSA) is 12.0 Å². The van der Waals surface area contributed by atoms with E-state index in [0.29, 0.717) is 12.4 Å². The molecule has 0 amide bonds. The van der Waals surface area contributed by atoms with E-state index in [1.54, 1.807) is 0 Å². The summed E-state index contributed by atoms with van der Waals surface area (Å²) in [6.07, 6.45) is -2.22. The fourth-order valence-electron chi connectivity index (χ4n) is 1.00. The van der Waals surface area contributed by atoms with Gasteiger partial charge in [0.2, 0.25) is 0 Å². The van der Waals surface area contributed by atoms with Crippen LogP contribution in [0.2, 0.25) is 0 Å². The van der Waals surface area contributed by atoms with E-state index in [1.165, 1.54) is 0 Å².